The molecule has 164 valence electrons. The van der Waals surface area contributed by atoms with Gasteiger partial charge in [0.25, 0.3) is 11.7 Å². The van der Waals surface area contributed by atoms with Crippen LogP contribution in [-0.4, -0.2) is 46.9 Å². The minimum absolute atomic E-state index is 0.132. The number of hydrogen-bond donors (Lipinski definition) is 1. The van der Waals surface area contributed by atoms with Crippen molar-refractivity contribution in [3.8, 4) is 0 Å². The lowest BCUT2D eigenvalue weighted by Crippen LogP contribution is -2.31. The highest BCUT2D eigenvalue weighted by Gasteiger charge is 2.46. The van der Waals surface area contributed by atoms with Gasteiger partial charge in [-0.05, 0) is 43.2 Å². The summed E-state index contributed by atoms with van der Waals surface area (Å²) in [6.07, 6.45) is -2.74. The number of carbonyl (C=O) groups excluding carboxylic acids is 2. The van der Waals surface area contributed by atoms with Crippen molar-refractivity contribution in [1.82, 2.24) is 9.88 Å². The van der Waals surface area contributed by atoms with E-state index in [1.807, 2.05) is 0 Å². The van der Waals surface area contributed by atoms with E-state index in [4.69, 9.17) is 4.74 Å². The number of aryl methyl sites for hydroxylation is 1. The van der Waals surface area contributed by atoms with Crippen LogP contribution < -0.4 is 0 Å². The molecule has 31 heavy (non-hydrogen) atoms. The third-order valence-corrected chi connectivity index (χ3v) is 5.03. The second kappa shape index (κ2) is 8.89. The number of likely N-dealkylation sites (tertiary alicyclic amines) is 1. The van der Waals surface area contributed by atoms with Crippen LogP contribution in [0.3, 0.4) is 0 Å². The zero-order valence-corrected chi connectivity index (χ0v) is 16.9. The summed E-state index contributed by atoms with van der Waals surface area (Å²) in [6.45, 7) is 2.21. The monoisotopic (exact) mass is 434 g/mol. The highest BCUT2D eigenvalue weighted by atomic mass is 19.4. The predicted octanol–water partition coefficient (Wildman–Crippen LogP) is 3.87. The van der Waals surface area contributed by atoms with Crippen LogP contribution >= 0.6 is 0 Å². The highest BCUT2D eigenvalue weighted by Crippen LogP contribution is 2.40. The first kappa shape index (κ1) is 22.5. The molecular formula is C22H21F3N2O4. The molecule has 0 spiro atoms. The van der Waals surface area contributed by atoms with E-state index in [-0.39, 0.29) is 23.2 Å². The van der Waals surface area contributed by atoms with E-state index >= 15 is 0 Å². The number of pyridine rings is 1. The van der Waals surface area contributed by atoms with Gasteiger partial charge in [0.2, 0.25) is 0 Å². The molecule has 1 fully saturated rings. The van der Waals surface area contributed by atoms with Gasteiger partial charge in [-0.25, -0.2) is 0 Å². The fourth-order valence-corrected chi connectivity index (χ4v) is 3.45. The molecule has 1 amide bonds. The molecule has 9 heteroatoms. The highest BCUT2D eigenvalue weighted by molar-refractivity contribution is 6.46. The summed E-state index contributed by atoms with van der Waals surface area (Å²) in [5.74, 6) is -2.16. The van der Waals surface area contributed by atoms with Crippen molar-refractivity contribution >= 4 is 17.4 Å². The first-order valence-corrected chi connectivity index (χ1v) is 9.52. The summed E-state index contributed by atoms with van der Waals surface area (Å²) in [5.41, 5.74) is 0.169. The molecule has 3 rings (SSSR count). The van der Waals surface area contributed by atoms with E-state index in [1.54, 1.807) is 19.1 Å². The van der Waals surface area contributed by atoms with Crippen LogP contribution in [0.25, 0.3) is 5.76 Å². The Hall–Kier alpha value is -3.20. The number of carbonyl (C=O) groups is 2. The number of ether oxygens (including phenoxy) is 1. The molecule has 1 aromatic heterocycles. The summed E-state index contributed by atoms with van der Waals surface area (Å²) >= 11 is 0. The van der Waals surface area contributed by atoms with Gasteiger partial charge in [0, 0.05) is 37.7 Å². The average molecular weight is 434 g/mol. The smallest absolute Gasteiger partial charge is 0.416 e. The topological polar surface area (TPSA) is 79.7 Å². The standard InChI is InChI=1S/C22H21F3N2O4/c1-13-4-5-15(12-26-13)19(28)17-18(14-6-8-16(9-7-14)22(23,24)25)27(10-3-11-31-2)21(30)20(17)29/h4-9,12,18,28H,3,10-11H2,1-2H3/t18-/m1/s1. The Morgan fingerprint density at radius 3 is 2.39 bits per heavy atom. The lowest BCUT2D eigenvalue weighted by Gasteiger charge is -2.25. The van der Waals surface area contributed by atoms with Crippen LogP contribution in [0.15, 0.2) is 48.2 Å². The number of amides is 1. The lowest BCUT2D eigenvalue weighted by atomic mass is 9.95. The van der Waals surface area contributed by atoms with Crippen LogP contribution in [0, 0.1) is 6.92 Å². The predicted molar refractivity (Wildman–Crippen MR) is 106 cm³/mol. The van der Waals surface area contributed by atoms with Gasteiger partial charge in [-0.3, -0.25) is 14.6 Å². The van der Waals surface area contributed by atoms with E-state index in [0.29, 0.717) is 18.7 Å². The first-order chi connectivity index (χ1) is 14.6. The average Bonchev–Trinajstić information content (AvgIpc) is 2.98. The Bertz CT molecular complexity index is 999. The molecule has 6 nitrogen and oxygen atoms in total. The van der Waals surface area contributed by atoms with Crippen LogP contribution in [0.2, 0.25) is 0 Å². The molecule has 1 aromatic carbocycles. The molecule has 0 aliphatic carbocycles. The molecule has 1 N–H and O–H groups in total. The molecule has 0 saturated carbocycles. The SMILES string of the molecule is COCCCN1C(=O)C(=O)C(=C(O)c2ccc(C)nc2)[C@H]1c1ccc(C(F)(F)F)cc1. The van der Waals surface area contributed by atoms with Gasteiger partial charge in [0.05, 0.1) is 17.2 Å². The Morgan fingerprint density at radius 2 is 1.84 bits per heavy atom. The molecule has 2 heterocycles. The van der Waals surface area contributed by atoms with Crippen molar-refractivity contribution in [2.24, 2.45) is 0 Å². The lowest BCUT2D eigenvalue weighted by molar-refractivity contribution is -0.140. The van der Waals surface area contributed by atoms with Gasteiger partial charge in [-0.2, -0.15) is 13.2 Å². The summed E-state index contributed by atoms with van der Waals surface area (Å²) in [5, 5.41) is 10.8. The Balaban J connectivity index is 2.11. The van der Waals surface area contributed by atoms with Crippen molar-refractivity contribution in [3.63, 3.8) is 0 Å². The number of aliphatic hydroxyl groups excluding tert-OH is 1. The van der Waals surface area contributed by atoms with Gasteiger partial charge >= 0.3 is 6.18 Å². The first-order valence-electron chi connectivity index (χ1n) is 9.52. The molecule has 0 radical (unpaired) electrons. The van der Waals surface area contributed by atoms with Crippen LogP contribution in [-0.2, 0) is 20.5 Å². The van der Waals surface area contributed by atoms with Crippen molar-refractivity contribution in [1.29, 1.82) is 0 Å². The van der Waals surface area contributed by atoms with Gasteiger partial charge < -0.3 is 14.7 Å². The maximum Gasteiger partial charge on any atom is 0.416 e. The molecule has 1 saturated heterocycles. The Labute approximate surface area is 177 Å². The molecular weight excluding hydrogens is 413 g/mol. The maximum atomic E-state index is 13.0. The van der Waals surface area contributed by atoms with E-state index in [9.17, 15) is 27.9 Å². The number of alkyl halides is 3. The molecule has 1 atom stereocenters. The second-order valence-corrected chi connectivity index (χ2v) is 7.15. The quantitative estimate of drug-likeness (QED) is 0.323. The third-order valence-electron chi connectivity index (χ3n) is 5.03. The fourth-order valence-electron chi connectivity index (χ4n) is 3.45. The summed E-state index contributed by atoms with van der Waals surface area (Å²) in [6, 6.07) is 6.36. The summed E-state index contributed by atoms with van der Waals surface area (Å²) < 4.78 is 43.9. The number of Topliss-reactive ketones (excluding diaryl/α,β-unsaturated/α-hetero) is 1. The van der Waals surface area contributed by atoms with E-state index in [1.165, 1.54) is 30.3 Å². The zero-order chi connectivity index (χ0) is 22.8. The van der Waals surface area contributed by atoms with E-state index in [0.717, 1.165) is 12.1 Å². The van der Waals surface area contributed by atoms with E-state index < -0.39 is 35.2 Å². The van der Waals surface area contributed by atoms with Gasteiger partial charge in [0.1, 0.15) is 5.76 Å². The number of methoxy groups -OCH3 is 1. The maximum absolute atomic E-state index is 13.0. The van der Waals surface area contributed by atoms with Crippen molar-refractivity contribution < 1.29 is 32.6 Å². The normalized spacial score (nSPS) is 18.6. The van der Waals surface area contributed by atoms with Crippen LogP contribution in [0.5, 0.6) is 0 Å². The van der Waals surface area contributed by atoms with Gasteiger partial charge in [-0.15, -0.1) is 0 Å². The van der Waals surface area contributed by atoms with Gasteiger partial charge in [-0.1, -0.05) is 12.1 Å². The molecule has 0 unspecified atom stereocenters. The molecule has 0 bridgehead atoms. The Morgan fingerprint density at radius 1 is 1.16 bits per heavy atom. The van der Waals surface area contributed by atoms with Crippen LogP contribution in [0.4, 0.5) is 13.2 Å². The molecule has 1 aliphatic rings. The number of nitrogens with zero attached hydrogens (tertiary/aromatic N) is 2. The van der Waals surface area contributed by atoms with E-state index in [2.05, 4.69) is 4.98 Å². The number of ketones is 1. The number of benzene rings is 1. The minimum atomic E-state index is -4.52. The number of aromatic nitrogens is 1. The second-order valence-electron chi connectivity index (χ2n) is 7.15. The molecule has 1 aliphatic heterocycles. The number of halogens is 3. The number of hydrogen-bond acceptors (Lipinski definition) is 5. The zero-order valence-electron chi connectivity index (χ0n) is 16.9. The minimum Gasteiger partial charge on any atom is -0.507 e. The number of rotatable bonds is 6. The molecule has 2 aromatic rings. The largest absolute Gasteiger partial charge is 0.507 e. The summed E-state index contributed by atoms with van der Waals surface area (Å²) in [7, 11) is 1.49. The Kier molecular flexibility index (Phi) is 6.45. The van der Waals surface area contributed by atoms with Crippen molar-refractivity contribution in [2.45, 2.75) is 25.6 Å². The van der Waals surface area contributed by atoms with Crippen molar-refractivity contribution in [2.75, 3.05) is 20.3 Å². The third kappa shape index (κ3) is 4.61. The fraction of sp³-hybridized carbons (Fsp3) is 0.318. The van der Waals surface area contributed by atoms with Gasteiger partial charge in [0.15, 0.2) is 0 Å². The van der Waals surface area contributed by atoms with Crippen LogP contribution in [0.1, 0.15) is 34.8 Å². The number of aliphatic hydroxyl groups is 1. The van der Waals surface area contributed by atoms with Crippen molar-refractivity contribution in [3.05, 3.63) is 70.6 Å². The summed E-state index contributed by atoms with van der Waals surface area (Å²) in [4.78, 5) is 30.8.